The Balaban J connectivity index is 3.07. The van der Waals surface area contributed by atoms with Crippen molar-refractivity contribution in [1.29, 1.82) is 5.26 Å². The van der Waals surface area contributed by atoms with Gasteiger partial charge in [-0.25, -0.2) is 4.39 Å². The van der Waals surface area contributed by atoms with Crippen LogP contribution in [0.25, 0.3) is 0 Å². The van der Waals surface area contributed by atoms with Crippen LogP contribution in [0.1, 0.15) is 13.8 Å². The minimum atomic E-state index is -0.770. The van der Waals surface area contributed by atoms with Gasteiger partial charge in [0.25, 0.3) is 0 Å². The molecule has 5 heteroatoms. The van der Waals surface area contributed by atoms with E-state index < -0.39 is 17.6 Å². The molecule has 0 aliphatic heterocycles. The first kappa shape index (κ1) is 14.7. The van der Waals surface area contributed by atoms with Crippen LogP contribution in [-0.4, -0.2) is 13.0 Å². The van der Waals surface area contributed by atoms with E-state index in [4.69, 9.17) is 5.26 Å². The zero-order chi connectivity index (χ0) is 13.9. The number of rotatable bonds is 3. The molecule has 1 aromatic carbocycles. The van der Waals surface area contributed by atoms with Gasteiger partial charge >= 0.3 is 0 Å². The Kier molecular flexibility index (Phi) is 4.85. The fourth-order valence-corrected chi connectivity index (χ4v) is 1.91. The lowest BCUT2D eigenvalue weighted by Gasteiger charge is -2.22. The maximum atomic E-state index is 13.7. The lowest BCUT2D eigenvalue weighted by molar-refractivity contribution is -0.121. The minimum Gasteiger partial charge on any atom is -0.312 e. The van der Waals surface area contributed by atoms with Crippen LogP contribution in [0.2, 0.25) is 0 Å². The molecule has 0 N–H and O–H groups in total. The van der Waals surface area contributed by atoms with Crippen molar-refractivity contribution in [3.05, 3.63) is 28.5 Å². The summed E-state index contributed by atoms with van der Waals surface area (Å²) in [5.41, 5.74) is 0.162. The maximum absolute atomic E-state index is 13.7. The number of carbonyl (C=O) groups excluding carboxylic acids is 1. The predicted molar refractivity (Wildman–Crippen MR) is 71.5 cm³/mol. The monoisotopic (exact) mass is 312 g/mol. The van der Waals surface area contributed by atoms with E-state index in [1.807, 2.05) is 6.07 Å². The van der Waals surface area contributed by atoms with Crippen LogP contribution >= 0.6 is 15.9 Å². The van der Waals surface area contributed by atoms with Crippen LogP contribution in [-0.2, 0) is 4.79 Å². The molecule has 1 unspecified atom stereocenters. The summed E-state index contributed by atoms with van der Waals surface area (Å²) >= 11 is 3.23. The van der Waals surface area contributed by atoms with Crippen LogP contribution in [0.5, 0.6) is 0 Å². The van der Waals surface area contributed by atoms with E-state index in [1.165, 1.54) is 24.1 Å². The molecule has 0 fully saturated rings. The highest BCUT2D eigenvalue weighted by molar-refractivity contribution is 9.10. The molecule has 0 saturated carbocycles. The number of benzene rings is 1. The molecule has 0 aliphatic rings. The number of carbonyl (C=O) groups is 1. The molecule has 18 heavy (non-hydrogen) atoms. The molecule has 1 atom stereocenters. The first-order chi connectivity index (χ1) is 8.38. The second-order valence-corrected chi connectivity index (χ2v) is 5.26. The van der Waals surface area contributed by atoms with Gasteiger partial charge in [-0.3, -0.25) is 4.79 Å². The topological polar surface area (TPSA) is 44.1 Å². The van der Waals surface area contributed by atoms with E-state index in [-0.39, 0.29) is 11.6 Å². The molecule has 0 spiro atoms. The highest BCUT2D eigenvalue weighted by atomic mass is 79.9. The largest absolute Gasteiger partial charge is 0.312 e. The van der Waals surface area contributed by atoms with Gasteiger partial charge in [0.1, 0.15) is 11.7 Å². The van der Waals surface area contributed by atoms with Gasteiger partial charge in [0.05, 0.1) is 11.8 Å². The fraction of sp³-hybridized carbons (Fsp3) is 0.385. The minimum absolute atomic E-state index is 0.111. The molecule has 1 amide bonds. The number of amides is 1. The van der Waals surface area contributed by atoms with Crippen molar-refractivity contribution in [2.75, 3.05) is 11.9 Å². The third kappa shape index (κ3) is 3.08. The van der Waals surface area contributed by atoms with Gasteiger partial charge < -0.3 is 4.90 Å². The smallest absolute Gasteiger partial charge is 0.244 e. The molecule has 0 heterocycles. The molecule has 1 aromatic rings. The Hall–Kier alpha value is -1.41. The molecule has 96 valence electrons. The zero-order valence-corrected chi connectivity index (χ0v) is 12.0. The Morgan fingerprint density at radius 2 is 2.11 bits per heavy atom. The molecule has 0 saturated heterocycles. The SMILES string of the molecule is CC(C)C(C#N)C(=O)N(C)c1cc(Br)ccc1F. The van der Waals surface area contributed by atoms with E-state index in [1.54, 1.807) is 19.9 Å². The molecular formula is C13H14BrFN2O. The summed E-state index contributed by atoms with van der Waals surface area (Å²) in [6.45, 7) is 3.58. The maximum Gasteiger partial charge on any atom is 0.244 e. The summed E-state index contributed by atoms with van der Waals surface area (Å²) in [7, 11) is 1.47. The summed E-state index contributed by atoms with van der Waals surface area (Å²) in [5.74, 6) is -1.77. The summed E-state index contributed by atoms with van der Waals surface area (Å²) < 4.78 is 14.3. The van der Waals surface area contributed by atoms with Gasteiger partial charge in [-0.05, 0) is 24.1 Å². The zero-order valence-electron chi connectivity index (χ0n) is 10.4. The van der Waals surface area contributed by atoms with E-state index in [0.29, 0.717) is 4.47 Å². The number of nitriles is 1. The van der Waals surface area contributed by atoms with E-state index in [2.05, 4.69) is 15.9 Å². The van der Waals surface area contributed by atoms with Gasteiger partial charge in [0, 0.05) is 11.5 Å². The van der Waals surface area contributed by atoms with Crippen molar-refractivity contribution in [3.8, 4) is 6.07 Å². The summed E-state index contributed by atoms with van der Waals surface area (Å²) in [6.07, 6.45) is 0. The van der Waals surface area contributed by atoms with Crippen LogP contribution in [0.3, 0.4) is 0 Å². The molecule has 0 bridgehead atoms. The molecule has 0 aromatic heterocycles. The second kappa shape index (κ2) is 5.96. The van der Waals surface area contributed by atoms with Crippen molar-refractivity contribution in [2.45, 2.75) is 13.8 Å². The third-order valence-electron chi connectivity index (χ3n) is 2.67. The van der Waals surface area contributed by atoms with Crippen molar-refractivity contribution in [2.24, 2.45) is 11.8 Å². The highest BCUT2D eigenvalue weighted by Crippen LogP contribution is 2.25. The number of hydrogen-bond acceptors (Lipinski definition) is 2. The number of nitrogens with zero attached hydrogens (tertiary/aromatic N) is 2. The average Bonchev–Trinajstić information content (AvgIpc) is 2.31. The quantitative estimate of drug-likeness (QED) is 0.859. The van der Waals surface area contributed by atoms with Crippen LogP contribution in [0.15, 0.2) is 22.7 Å². The van der Waals surface area contributed by atoms with Crippen LogP contribution in [0.4, 0.5) is 10.1 Å². The summed E-state index contributed by atoms with van der Waals surface area (Å²) in [5, 5.41) is 8.99. The van der Waals surface area contributed by atoms with E-state index in [0.717, 1.165) is 0 Å². The Labute approximate surface area is 114 Å². The lowest BCUT2D eigenvalue weighted by atomic mass is 9.96. The summed E-state index contributed by atoms with van der Waals surface area (Å²) in [4.78, 5) is 13.3. The Morgan fingerprint density at radius 1 is 1.50 bits per heavy atom. The fourth-order valence-electron chi connectivity index (χ4n) is 1.56. The molecular weight excluding hydrogens is 299 g/mol. The molecule has 1 rings (SSSR count). The first-order valence-corrected chi connectivity index (χ1v) is 6.30. The van der Waals surface area contributed by atoms with E-state index in [9.17, 15) is 9.18 Å². The van der Waals surface area contributed by atoms with Crippen LogP contribution in [0, 0.1) is 29.0 Å². The summed E-state index contributed by atoms with van der Waals surface area (Å²) in [6, 6.07) is 6.31. The molecule has 3 nitrogen and oxygen atoms in total. The van der Waals surface area contributed by atoms with E-state index >= 15 is 0 Å². The lowest BCUT2D eigenvalue weighted by Crippen LogP contribution is -2.35. The predicted octanol–water partition coefficient (Wildman–Crippen LogP) is 3.35. The second-order valence-electron chi connectivity index (χ2n) is 4.34. The third-order valence-corrected chi connectivity index (χ3v) is 3.17. The molecule has 0 radical (unpaired) electrons. The average molecular weight is 313 g/mol. The number of halogens is 2. The highest BCUT2D eigenvalue weighted by Gasteiger charge is 2.27. The van der Waals surface area contributed by atoms with Crippen LogP contribution < -0.4 is 4.90 Å². The first-order valence-electron chi connectivity index (χ1n) is 5.50. The standard InChI is InChI=1S/C13H14BrFN2O/c1-8(2)10(7-16)13(18)17(3)12-6-9(14)4-5-11(12)15/h4-6,8,10H,1-3H3. The van der Waals surface area contributed by atoms with Gasteiger partial charge in [0.15, 0.2) is 0 Å². The van der Waals surface area contributed by atoms with Crippen molar-refractivity contribution in [1.82, 2.24) is 0 Å². The van der Waals surface area contributed by atoms with Gasteiger partial charge in [-0.15, -0.1) is 0 Å². The number of hydrogen-bond donors (Lipinski definition) is 0. The van der Waals surface area contributed by atoms with Crippen molar-refractivity contribution >= 4 is 27.5 Å². The normalized spacial score (nSPS) is 12.1. The van der Waals surface area contributed by atoms with Crippen molar-refractivity contribution < 1.29 is 9.18 Å². The van der Waals surface area contributed by atoms with Crippen molar-refractivity contribution in [3.63, 3.8) is 0 Å². The number of anilines is 1. The van der Waals surface area contributed by atoms with Gasteiger partial charge in [0.2, 0.25) is 5.91 Å². The molecule has 0 aliphatic carbocycles. The Bertz CT molecular complexity index is 496. The Morgan fingerprint density at radius 3 is 2.61 bits per heavy atom. The van der Waals surface area contributed by atoms with Gasteiger partial charge in [-0.1, -0.05) is 29.8 Å². The van der Waals surface area contributed by atoms with Gasteiger partial charge in [-0.2, -0.15) is 5.26 Å².